The first-order chi connectivity index (χ1) is 7.50. The Morgan fingerprint density at radius 3 is 2.25 bits per heavy atom. The van der Waals surface area contributed by atoms with Crippen LogP contribution in [0.15, 0.2) is 22.7 Å². The molecular weight excluding hydrogens is 288 g/mol. The predicted octanol–water partition coefficient (Wildman–Crippen LogP) is 4.21. The molecule has 0 unspecified atom stereocenters. The zero-order valence-corrected chi connectivity index (χ0v) is 11.7. The van der Waals surface area contributed by atoms with Gasteiger partial charge in [-0.25, -0.2) is 4.98 Å². The Morgan fingerprint density at radius 1 is 1.19 bits per heavy atom. The van der Waals surface area contributed by atoms with Crippen LogP contribution in [0, 0.1) is 20.8 Å². The van der Waals surface area contributed by atoms with Gasteiger partial charge in [-0.15, -0.1) is 0 Å². The molecule has 0 saturated heterocycles. The fraction of sp³-hybridized carbons (Fsp3) is 0.250. The van der Waals surface area contributed by atoms with E-state index in [2.05, 4.69) is 51.5 Å². The highest BCUT2D eigenvalue weighted by Crippen LogP contribution is 2.27. The molecule has 0 aliphatic rings. The summed E-state index contributed by atoms with van der Waals surface area (Å²) in [5.74, 6) is 0.866. The molecule has 0 saturated carbocycles. The lowest BCUT2D eigenvalue weighted by atomic mass is 10.3. The van der Waals surface area contributed by atoms with E-state index < -0.39 is 0 Å². The van der Waals surface area contributed by atoms with E-state index in [1.807, 2.05) is 13.0 Å². The summed E-state index contributed by atoms with van der Waals surface area (Å²) in [6.07, 6.45) is 0. The van der Waals surface area contributed by atoms with Crippen molar-refractivity contribution < 1.29 is 0 Å². The van der Waals surface area contributed by atoms with Crippen molar-refractivity contribution in [2.75, 3.05) is 0 Å². The lowest BCUT2D eigenvalue weighted by molar-refractivity contribution is 0.918. The minimum absolute atomic E-state index is 0.502. The quantitative estimate of drug-likeness (QED) is 0.721. The zero-order chi connectivity index (χ0) is 11.9. The smallest absolute Gasteiger partial charge is 0.145 e. The van der Waals surface area contributed by atoms with Gasteiger partial charge in [0.2, 0.25) is 0 Å². The van der Waals surface area contributed by atoms with E-state index in [-0.39, 0.29) is 0 Å². The molecule has 2 aromatic rings. The molecule has 2 heterocycles. The van der Waals surface area contributed by atoms with Crippen molar-refractivity contribution in [2.24, 2.45) is 0 Å². The second-order valence-electron chi connectivity index (χ2n) is 3.85. The summed E-state index contributed by atoms with van der Waals surface area (Å²) in [7, 11) is 0. The highest BCUT2D eigenvalue weighted by molar-refractivity contribution is 9.10. The fourth-order valence-corrected chi connectivity index (χ4v) is 2.18. The summed E-state index contributed by atoms with van der Waals surface area (Å²) in [6, 6.07) is 6.17. The van der Waals surface area contributed by atoms with Crippen LogP contribution in [0.4, 0.5) is 0 Å². The number of aromatic nitrogens is 2. The number of rotatable bonds is 1. The van der Waals surface area contributed by atoms with Gasteiger partial charge < -0.3 is 4.57 Å². The molecule has 0 amide bonds. The van der Waals surface area contributed by atoms with Crippen molar-refractivity contribution >= 4 is 27.5 Å². The molecule has 0 spiro atoms. The van der Waals surface area contributed by atoms with Crippen LogP contribution in [0.1, 0.15) is 17.0 Å². The second-order valence-corrected chi connectivity index (χ2v) is 5.00. The SMILES string of the molecule is Cc1cc(-n2c(C)ccc2C)nc(Cl)c1Br. The average molecular weight is 300 g/mol. The molecule has 16 heavy (non-hydrogen) atoms. The number of hydrogen-bond donors (Lipinski definition) is 0. The molecule has 0 aliphatic carbocycles. The summed E-state index contributed by atoms with van der Waals surface area (Å²) in [5, 5.41) is 0.502. The molecular formula is C12H12BrClN2. The van der Waals surface area contributed by atoms with Crippen LogP contribution >= 0.6 is 27.5 Å². The van der Waals surface area contributed by atoms with Crippen LogP contribution in [-0.4, -0.2) is 9.55 Å². The predicted molar refractivity (Wildman–Crippen MR) is 70.5 cm³/mol. The fourth-order valence-electron chi connectivity index (χ4n) is 1.75. The third-order valence-corrected chi connectivity index (χ3v) is 4.09. The highest BCUT2D eigenvalue weighted by atomic mass is 79.9. The minimum Gasteiger partial charge on any atom is -0.303 e. The monoisotopic (exact) mass is 298 g/mol. The summed E-state index contributed by atoms with van der Waals surface area (Å²) in [4.78, 5) is 4.38. The molecule has 84 valence electrons. The van der Waals surface area contributed by atoms with Gasteiger partial charge in [0, 0.05) is 11.4 Å². The van der Waals surface area contributed by atoms with Crippen molar-refractivity contribution in [3.05, 3.63) is 44.8 Å². The summed E-state index contributed by atoms with van der Waals surface area (Å²) < 4.78 is 2.95. The zero-order valence-electron chi connectivity index (χ0n) is 9.38. The van der Waals surface area contributed by atoms with E-state index in [0.29, 0.717) is 5.15 Å². The van der Waals surface area contributed by atoms with Gasteiger partial charge in [-0.1, -0.05) is 11.6 Å². The minimum atomic E-state index is 0.502. The maximum Gasteiger partial charge on any atom is 0.145 e. The lowest BCUT2D eigenvalue weighted by Crippen LogP contribution is -2.02. The molecule has 0 aromatic carbocycles. The van der Waals surface area contributed by atoms with E-state index in [9.17, 15) is 0 Å². The first-order valence-corrected chi connectivity index (χ1v) is 6.15. The molecule has 2 nitrogen and oxygen atoms in total. The van der Waals surface area contributed by atoms with E-state index in [1.165, 1.54) is 0 Å². The van der Waals surface area contributed by atoms with Gasteiger partial charge in [-0.3, -0.25) is 0 Å². The van der Waals surface area contributed by atoms with Gasteiger partial charge in [0.05, 0.1) is 4.47 Å². The van der Waals surface area contributed by atoms with Crippen LogP contribution in [-0.2, 0) is 0 Å². The van der Waals surface area contributed by atoms with Crippen LogP contribution in [0.2, 0.25) is 5.15 Å². The Balaban J connectivity index is 2.66. The highest BCUT2D eigenvalue weighted by Gasteiger charge is 2.09. The van der Waals surface area contributed by atoms with Crippen molar-refractivity contribution in [1.82, 2.24) is 9.55 Å². The van der Waals surface area contributed by atoms with Crippen molar-refractivity contribution in [3.8, 4) is 5.82 Å². The van der Waals surface area contributed by atoms with Gasteiger partial charge in [0.25, 0.3) is 0 Å². The van der Waals surface area contributed by atoms with Gasteiger partial charge in [0.1, 0.15) is 11.0 Å². The van der Waals surface area contributed by atoms with Crippen LogP contribution in [0.5, 0.6) is 0 Å². The molecule has 0 aliphatic heterocycles. The Morgan fingerprint density at radius 2 is 1.75 bits per heavy atom. The molecule has 4 heteroatoms. The summed E-state index contributed by atoms with van der Waals surface area (Å²) in [6.45, 7) is 6.12. The number of aryl methyl sites for hydroxylation is 3. The molecule has 0 atom stereocenters. The Kier molecular flexibility index (Phi) is 3.08. The molecule has 0 fully saturated rings. The first kappa shape index (κ1) is 11.7. The lowest BCUT2D eigenvalue weighted by Gasteiger charge is -2.10. The van der Waals surface area contributed by atoms with Crippen molar-refractivity contribution in [1.29, 1.82) is 0 Å². The average Bonchev–Trinajstić information content (AvgIpc) is 2.54. The molecule has 0 radical (unpaired) electrons. The molecule has 2 rings (SSSR count). The summed E-state index contributed by atoms with van der Waals surface area (Å²) in [5.41, 5.74) is 3.40. The molecule has 2 aromatic heterocycles. The van der Waals surface area contributed by atoms with Crippen LogP contribution in [0.25, 0.3) is 5.82 Å². The number of halogens is 2. The third kappa shape index (κ3) is 1.89. The van der Waals surface area contributed by atoms with Gasteiger partial charge in [0.15, 0.2) is 0 Å². The topological polar surface area (TPSA) is 17.8 Å². The number of pyridine rings is 1. The largest absolute Gasteiger partial charge is 0.303 e. The van der Waals surface area contributed by atoms with E-state index >= 15 is 0 Å². The van der Waals surface area contributed by atoms with Crippen molar-refractivity contribution in [2.45, 2.75) is 20.8 Å². The van der Waals surface area contributed by atoms with Gasteiger partial charge >= 0.3 is 0 Å². The van der Waals surface area contributed by atoms with Gasteiger partial charge in [-0.2, -0.15) is 0 Å². The van der Waals surface area contributed by atoms with Crippen LogP contribution < -0.4 is 0 Å². The van der Waals surface area contributed by atoms with E-state index in [4.69, 9.17) is 11.6 Å². The number of hydrogen-bond acceptors (Lipinski definition) is 1. The normalized spacial score (nSPS) is 10.8. The van der Waals surface area contributed by atoms with E-state index in [1.54, 1.807) is 0 Å². The Labute approximate surface area is 108 Å². The van der Waals surface area contributed by atoms with Gasteiger partial charge in [-0.05, 0) is 60.5 Å². The number of nitrogens with zero attached hydrogens (tertiary/aromatic N) is 2. The molecule has 0 bridgehead atoms. The van der Waals surface area contributed by atoms with Crippen molar-refractivity contribution in [3.63, 3.8) is 0 Å². The summed E-state index contributed by atoms with van der Waals surface area (Å²) >= 11 is 9.48. The second kappa shape index (κ2) is 4.22. The van der Waals surface area contributed by atoms with Crippen LogP contribution in [0.3, 0.4) is 0 Å². The molecule has 0 N–H and O–H groups in total. The maximum atomic E-state index is 6.07. The Hall–Kier alpha value is -0.800. The third-order valence-electron chi connectivity index (χ3n) is 2.59. The van der Waals surface area contributed by atoms with E-state index in [0.717, 1.165) is 27.2 Å². The maximum absolute atomic E-state index is 6.07. The first-order valence-electron chi connectivity index (χ1n) is 4.98. The standard InChI is InChI=1S/C12H12BrClN2/c1-7-6-10(15-12(14)11(7)13)16-8(2)4-5-9(16)3/h4-6H,1-3H3. The Bertz CT molecular complexity index is 503.